The van der Waals surface area contributed by atoms with E-state index in [0.29, 0.717) is 17.8 Å². The number of aromatic amines is 1. The standard InChI is InChI=1S/C17H19F3N2.C8H7ClO3/c1-9-13-8-21-5-4-10(13)6-15-16(9)12-7-11(17(18,19)20)2-3-14(12)22-15;9-6-4-2-1-3-5(6)7(10)8(11)12/h2-3,7,9-10,13,21-22H,4-6,8H2,1H3;1-4,7,10H,(H,11,12)/t9-,10-,13-;7-/m11/s1. The Morgan fingerprint density at radius 3 is 2.62 bits per heavy atom. The molecule has 2 aromatic carbocycles. The summed E-state index contributed by atoms with van der Waals surface area (Å²) in [6.07, 6.45) is -3.72. The molecular formula is C25H26ClF3N2O3. The largest absolute Gasteiger partial charge is 0.479 e. The third kappa shape index (κ3) is 4.80. The number of aliphatic carboxylic acids is 1. The summed E-state index contributed by atoms with van der Waals surface area (Å²) in [6, 6.07) is 10.4. The number of rotatable bonds is 2. The molecule has 4 atom stereocenters. The first-order valence-electron chi connectivity index (χ1n) is 11.2. The van der Waals surface area contributed by atoms with E-state index >= 15 is 0 Å². The van der Waals surface area contributed by atoms with Gasteiger partial charge in [0.15, 0.2) is 6.10 Å². The van der Waals surface area contributed by atoms with Crippen molar-refractivity contribution in [2.75, 3.05) is 13.1 Å². The first kappa shape index (κ1) is 24.6. The SMILES string of the molecule is C[C@H]1c2c([nH]c3ccc(C(F)(F)F)cc23)C[C@H]2CCNC[C@@H]21.O=C(O)[C@H](O)c1ccccc1Cl. The average Bonchev–Trinajstić information content (AvgIpc) is 3.16. The minimum absolute atomic E-state index is 0.215. The van der Waals surface area contributed by atoms with Crippen molar-refractivity contribution >= 4 is 28.5 Å². The first-order valence-corrected chi connectivity index (χ1v) is 11.5. The van der Waals surface area contributed by atoms with Crippen molar-refractivity contribution in [3.05, 3.63) is 69.9 Å². The number of aliphatic hydroxyl groups excluding tert-OH is 1. The molecule has 0 saturated carbocycles. The van der Waals surface area contributed by atoms with Crippen molar-refractivity contribution in [2.45, 2.75) is 38.0 Å². The number of H-pyrrole nitrogens is 1. The van der Waals surface area contributed by atoms with Gasteiger partial charge in [0.1, 0.15) is 0 Å². The van der Waals surface area contributed by atoms with E-state index in [4.69, 9.17) is 21.8 Å². The Morgan fingerprint density at radius 1 is 1.21 bits per heavy atom. The zero-order valence-corrected chi connectivity index (χ0v) is 19.2. The van der Waals surface area contributed by atoms with Crippen LogP contribution in [-0.4, -0.2) is 34.3 Å². The molecular weight excluding hydrogens is 469 g/mol. The van der Waals surface area contributed by atoms with Crippen molar-refractivity contribution in [1.82, 2.24) is 10.3 Å². The van der Waals surface area contributed by atoms with Crippen LogP contribution in [0.2, 0.25) is 5.02 Å². The average molecular weight is 495 g/mol. The predicted octanol–water partition coefficient (Wildman–Crippen LogP) is 5.53. The summed E-state index contributed by atoms with van der Waals surface area (Å²) in [6.45, 7) is 4.18. The van der Waals surface area contributed by atoms with Gasteiger partial charge >= 0.3 is 12.1 Å². The molecule has 0 spiro atoms. The molecule has 1 fully saturated rings. The number of nitrogens with one attached hydrogen (secondary N) is 2. The van der Waals surface area contributed by atoms with Crippen molar-refractivity contribution in [2.24, 2.45) is 11.8 Å². The number of halogens is 4. The van der Waals surface area contributed by atoms with E-state index in [1.807, 2.05) is 0 Å². The molecule has 0 unspecified atom stereocenters. The molecule has 3 aromatic rings. The van der Waals surface area contributed by atoms with Crippen LogP contribution in [0.3, 0.4) is 0 Å². The van der Waals surface area contributed by atoms with E-state index in [2.05, 4.69) is 17.2 Å². The van der Waals surface area contributed by atoms with Gasteiger partial charge in [0, 0.05) is 27.2 Å². The molecule has 0 bridgehead atoms. The zero-order valence-electron chi connectivity index (χ0n) is 18.5. The van der Waals surface area contributed by atoms with E-state index in [-0.39, 0.29) is 10.6 Å². The number of carboxylic acid groups (broad SMARTS) is 1. The van der Waals surface area contributed by atoms with Gasteiger partial charge in [-0.1, -0.05) is 36.7 Å². The van der Waals surface area contributed by atoms with Crippen LogP contribution in [0.5, 0.6) is 0 Å². The van der Waals surface area contributed by atoms with Crippen LogP contribution in [0.15, 0.2) is 42.5 Å². The van der Waals surface area contributed by atoms with Crippen LogP contribution in [-0.2, 0) is 17.4 Å². The third-order valence-electron chi connectivity index (χ3n) is 6.92. The molecule has 1 saturated heterocycles. The number of aliphatic hydroxyl groups is 1. The molecule has 1 aliphatic heterocycles. The minimum atomic E-state index is -4.29. The summed E-state index contributed by atoms with van der Waals surface area (Å²) in [7, 11) is 0. The van der Waals surface area contributed by atoms with Crippen molar-refractivity contribution in [3.63, 3.8) is 0 Å². The molecule has 182 valence electrons. The maximum Gasteiger partial charge on any atom is 0.416 e. The molecule has 1 aromatic heterocycles. The van der Waals surface area contributed by atoms with E-state index in [1.165, 1.54) is 24.3 Å². The van der Waals surface area contributed by atoms with Gasteiger partial charge in [-0.25, -0.2) is 4.79 Å². The van der Waals surface area contributed by atoms with Gasteiger partial charge in [-0.3, -0.25) is 0 Å². The topological polar surface area (TPSA) is 85.4 Å². The zero-order chi connectivity index (χ0) is 24.6. The fraction of sp³-hybridized carbons (Fsp3) is 0.400. The van der Waals surface area contributed by atoms with E-state index < -0.39 is 23.8 Å². The normalized spacial score (nSPS) is 22.8. The lowest BCUT2D eigenvalue weighted by Crippen LogP contribution is -2.42. The second-order valence-electron chi connectivity index (χ2n) is 8.95. The molecule has 34 heavy (non-hydrogen) atoms. The number of aromatic nitrogens is 1. The van der Waals surface area contributed by atoms with E-state index in [9.17, 15) is 18.0 Å². The quantitative estimate of drug-likeness (QED) is 0.377. The molecule has 0 radical (unpaired) electrons. The van der Waals surface area contributed by atoms with Gasteiger partial charge in [-0.05, 0) is 73.5 Å². The van der Waals surface area contributed by atoms with Crippen LogP contribution in [0.4, 0.5) is 13.2 Å². The van der Waals surface area contributed by atoms with Crippen molar-refractivity contribution < 1.29 is 28.2 Å². The summed E-state index contributed by atoms with van der Waals surface area (Å²) in [5.41, 5.74) is 2.73. The highest BCUT2D eigenvalue weighted by Crippen LogP contribution is 2.45. The monoisotopic (exact) mass is 494 g/mol. The molecule has 0 amide bonds. The highest BCUT2D eigenvalue weighted by molar-refractivity contribution is 6.31. The number of hydrogen-bond acceptors (Lipinski definition) is 3. The van der Waals surface area contributed by atoms with Crippen LogP contribution in [0.25, 0.3) is 10.9 Å². The van der Waals surface area contributed by atoms with Crippen molar-refractivity contribution in [1.29, 1.82) is 0 Å². The summed E-state index contributed by atoms with van der Waals surface area (Å²) in [5.74, 6) is 0.149. The van der Waals surface area contributed by atoms with Crippen LogP contribution >= 0.6 is 11.6 Å². The maximum absolute atomic E-state index is 13.0. The molecule has 4 N–H and O–H groups in total. The fourth-order valence-electron chi connectivity index (χ4n) is 5.21. The van der Waals surface area contributed by atoms with Gasteiger partial charge in [0.05, 0.1) is 5.56 Å². The van der Waals surface area contributed by atoms with Gasteiger partial charge in [-0.15, -0.1) is 0 Å². The second-order valence-corrected chi connectivity index (χ2v) is 9.35. The Bertz CT molecular complexity index is 1190. The van der Waals surface area contributed by atoms with E-state index in [0.717, 1.165) is 48.1 Å². The Labute approximate surface area is 199 Å². The van der Waals surface area contributed by atoms with Gasteiger partial charge in [0.2, 0.25) is 0 Å². The number of benzene rings is 2. The Balaban J connectivity index is 0.000000195. The van der Waals surface area contributed by atoms with E-state index in [1.54, 1.807) is 18.2 Å². The summed E-state index contributed by atoms with van der Waals surface area (Å²) < 4.78 is 39.0. The first-order chi connectivity index (χ1) is 16.1. The lowest BCUT2D eigenvalue weighted by Gasteiger charge is -2.40. The number of carbonyl (C=O) groups is 1. The number of hydrogen-bond donors (Lipinski definition) is 4. The number of piperidine rings is 1. The predicted molar refractivity (Wildman–Crippen MR) is 124 cm³/mol. The number of carboxylic acids is 1. The highest BCUT2D eigenvalue weighted by atomic mass is 35.5. The third-order valence-corrected chi connectivity index (χ3v) is 7.27. The number of fused-ring (bicyclic) bond motifs is 4. The molecule has 5 rings (SSSR count). The van der Waals surface area contributed by atoms with Crippen LogP contribution in [0, 0.1) is 11.8 Å². The summed E-state index contributed by atoms with van der Waals surface area (Å²) in [5, 5.41) is 22.0. The Morgan fingerprint density at radius 2 is 1.94 bits per heavy atom. The fourth-order valence-corrected chi connectivity index (χ4v) is 5.45. The molecule has 5 nitrogen and oxygen atoms in total. The van der Waals surface area contributed by atoms with Gasteiger partial charge in [-0.2, -0.15) is 13.2 Å². The lowest BCUT2D eigenvalue weighted by atomic mass is 9.68. The smallest absolute Gasteiger partial charge is 0.416 e. The second kappa shape index (κ2) is 9.60. The highest BCUT2D eigenvalue weighted by Gasteiger charge is 2.38. The van der Waals surface area contributed by atoms with Crippen LogP contribution in [0.1, 0.15) is 47.8 Å². The molecule has 2 aliphatic rings. The van der Waals surface area contributed by atoms with Crippen molar-refractivity contribution in [3.8, 4) is 0 Å². The minimum Gasteiger partial charge on any atom is -0.479 e. The summed E-state index contributed by atoms with van der Waals surface area (Å²) >= 11 is 5.64. The maximum atomic E-state index is 13.0. The number of alkyl halides is 3. The van der Waals surface area contributed by atoms with Crippen LogP contribution < -0.4 is 5.32 Å². The Kier molecular flexibility index (Phi) is 6.94. The Hall–Kier alpha value is -2.55. The lowest BCUT2D eigenvalue weighted by molar-refractivity contribution is -0.147. The van der Waals surface area contributed by atoms with Gasteiger partial charge in [0.25, 0.3) is 0 Å². The molecule has 2 heterocycles. The summed E-state index contributed by atoms with van der Waals surface area (Å²) in [4.78, 5) is 13.7. The molecule has 9 heteroatoms. The molecule has 1 aliphatic carbocycles. The van der Waals surface area contributed by atoms with Gasteiger partial charge < -0.3 is 20.5 Å².